The summed E-state index contributed by atoms with van der Waals surface area (Å²) in [4.78, 5) is 10.1. The van der Waals surface area contributed by atoms with E-state index in [9.17, 15) is 18.9 Å². The number of aliphatic hydroxyl groups excluding tert-OH is 1. The third-order valence-corrected chi connectivity index (χ3v) is 2.37. The van der Waals surface area contributed by atoms with Crippen molar-refractivity contribution < 1.29 is 23.5 Å². The van der Waals surface area contributed by atoms with Gasteiger partial charge in [0.05, 0.1) is 18.1 Å². The van der Waals surface area contributed by atoms with E-state index >= 15 is 0 Å². The molecule has 8 heteroatoms. The monoisotopic (exact) mass is 276 g/mol. The molecular weight excluding hydrogens is 262 g/mol. The van der Waals surface area contributed by atoms with E-state index in [2.05, 4.69) is 5.32 Å². The van der Waals surface area contributed by atoms with E-state index < -0.39 is 17.5 Å². The number of halogens is 2. The lowest BCUT2D eigenvalue weighted by Crippen LogP contribution is -2.31. The molecule has 0 saturated heterocycles. The van der Waals surface area contributed by atoms with Gasteiger partial charge in [-0.05, 0) is 11.6 Å². The molecule has 0 spiro atoms. The Bertz CT molecular complexity index is 443. The molecule has 0 heterocycles. The number of alkyl halides is 2. The summed E-state index contributed by atoms with van der Waals surface area (Å²) < 4.78 is 29.0. The molecule has 1 aromatic carbocycles. The molecule has 0 radical (unpaired) electrons. The molecule has 0 saturated carbocycles. The van der Waals surface area contributed by atoms with Crippen LogP contribution in [0.15, 0.2) is 18.2 Å². The van der Waals surface area contributed by atoms with Crippen LogP contribution >= 0.6 is 0 Å². The van der Waals surface area contributed by atoms with Gasteiger partial charge in [-0.3, -0.25) is 10.1 Å². The van der Waals surface area contributed by atoms with Crippen molar-refractivity contribution in [3.05, 3.63) is 33.9 Å². The van der Waals surface area contributed by atoms with Gasteiger partial charge in [-0.1, -0.05) is 0 Å². The van der Waals surface area contributed by atoms with E-state index in [1.165, 1.54) is 19.2 Å². The third kappa shape index (κ3) is 4.76. The molecule has 106 valence electrons. The number of hydrogen-bond donors (Lipinski definition) is 2. The lowest BCUT2D eigenvalue weighted by atomic mass is 10.2. The van der Waals surface area contributed by atoms with Gasteiger partial charge in [0.25, 0.3) is 12.1 Å². The number of nitro benzene ring substituents is 1. The minimum Gasteiger partial charge on any atom is -0.496 e. The van der Waals surface area contributed by atoms with Crippen LogP contribution in [0, 0.1) is 10.1 Å². The average molecular weight is 276 g/mol. The number of nitro groups is 1. The van der Waals surface area contributed by atoms with Gasteiger partial charge in [-0.25, -0.2) is 8.78 Å². The van der Waals surface area contributed by atoms with Gasteiger partial charge in [0.15, 0.2) is 0 Å². The molecule has 0 aliphatic carbocycles. The predicted molar refractivity (Wildman–Crippen MR) is 63.4 cm³/mol. The molecule has 1 rings (SSSR count). The molecule has 2 N–H and O–H groups in total. The van der Waals surface area contributed by atoms with Crippen molar-refractivity contribution in [2.45, 2.75) is 19.1 Å². The highest BCUT2D eigenvalue weighted by atomic mass is 19.3. The quantitative estimate of drug-likeness (QED) is 0.579. The summed E-state index contributed by atoms with van der Waals surface area (Å²) in [5.74, 6) is 0.306. The number of non-ortho nitro benzene ring substituents is 1. The van der Waals surface area contributed by atoms with Crippen molar-refractivity contribution in [2.24, 2.45) is 0 Å². The summed E-state index contributed by atoms with van der Waals surface area (Å²) >= 11 is 0. The van der Waals surface area contributed by atoms with Gasteiger partial charge in [-0.2, -0.15) is 0 Å². The first-order chi connectivity index (χ1) is 8.93. The summed E-state index contributed by atoms with van der Waals surface area (Å²) in [6.07, 6.45) is -4.59. The second-order valence-corrected chi connectivity index (χ2v) is 3.83. The van der Waals surface area contributed by atoms with Crippen LogP contribution in [0.25, 0.3) is 0 Å². The zero-order valence-corrected chi connectivity index (χ0v) is 10.2. The van der Waals surface area contributed by atoms with Crippen molar-refractivity contribution in [1.82, 2.24) is 5.32 Å². The number of rotatable bonds is 7. The summed E-state index contributed by atoms with van der Waals surface area (Å²) in [6.45, 7) is -0.190. The van der Waals surface area contributed by atoms with Crippen molar-refractivity contribution in [3.63, 3.8) is 0 Å². The molecule has 0 bridgehead atoms. The van der Waals surface area contributed by atoms with Crippen LogP contribution in [-0.4, -0.2) is 36.2 Å². The van der Waals surface area contributed by atoms with Crippen molar-refractivity contribution in [2.75, 3.05) is 13.7 Å². The Kier molecular flexibility index (Phi) is 5.58. The van der Waals surface area contributed by atoms with E-state index in [-0.39, 0.29) is 18.8 Å². The zero-order chi connectivity index (χ0) is 14.4. The van der Waals surface area contributed by atoms with Crippen LogP contribution in [0.4, 0.5) is 14.5 Å². The highest BCUT2D eigenvalue weighted by Crippen LogP contribution is 2.22. The van der Waals surface area contributed by atoms with Crippen LogP contribution in [0.1, 0.15) is 5.56 Å². The first kappa shape index (κ1) is 15.3. The molecule has 0 fully saturated rings. The number of nitrogens with one attached hydrogen (secondary N) is 1. The van der Waals surface area contributed by atoms with Crippen LogP contribution in [-0.2, 0) is 6.54 Å². The highest BCUT2D eigenvalue weighted by molar-refractivity contribution is 5.42. The molecule has 1 aromatic rings. The molecule has 1 atom stereocenters. The molecule has 1 unspecified atom stereocenters. The fraction of sp³-hybridized carbons (Fsp3) is 0.455. The fourth-order valence-corrected chi connectivity index (χ4v) is 1.42. The standard InChI is InChI=1S/C11H14F2N2O4/c1-19-9-3-7(2-8(4-9)15(17)18)5-14-6-10(16)11(12)13/h2-4,10-11,14,16H,5-6H2,1H3. The lowest BCUT2D eigenvalue weighted by Gasteiger charge is -2.11. The van der Waals surface area contributed by atoms with E-state index in [0.29, 0.717) is 11.3 Å². The van der Waals surface area contributed by atoms with Gasteiger partial charge < -0.3 is 15.2 Å². The summed E-state index contributed by atoms with van der Waals surface area (Å²) in [7, 11) is 1.37. The number of methoxy groups -OCH3 is 1. The average Bonchev–Trinajstić information content (AvgIpc) is 2.37. The topological polar surface area (TPSA) is 84.6 Å². The smallest absolute Gasteiger partial charge is 0.273 e. The Balaban J connectivity index is 2.67. The summed E-state index contributed by atoms with van der Waals surface area (Å²) in [6, 6.07) is 4.12. The molecule has 0 aliphatic rings. The molecule has 19 heavy (non-hydrogen) atoms. The highest BCUT2D eigenvalue weighted by Gasteiger charge is 2.16. The second kappa shape index (κ2) is 6.95. The van der Waals surface area contributed by atoms with Gasteiger partial charge in [-0.15, -0.1) is 0 Å². The molecule has 6 nitrogen and oxygen atoms in total. The maximum Gasteiger partial charge on any atom is 0.273 e. The number of hydrogen-bond acceptors (Lipinski definition) is 5. The molecule has 0 amide bonds. The van der Waals surface area contributed by atoms with Crippen LogP contribution in [0.2, 0.25) is 0 Å². The van der Waals surface area contributed by atoms with Crippen LogP contribution < -0.4 is 10.1 Å². The van der Waals surface area contributed by atoms with Gasteiger partial charge in [0.2, 0.25) is 0 Å². The first-order valence-corrected chi connectivity index (χ1v) is 5.43. The molecule has 0 aromatic heterocycles. The molecule has 0 aliphatic heterocycles. The van der Waals surface area contributed by atoms with Crippen molar-refractivity contribution >= 4 is 5.69 Å². The maximum atomic E-state index is 12.0. The van der Waals surface area contributed by atoms with Crippen molar-refractivity contribution in [3.8, 4) is 5.75 Å². The Morgan fingerprint density at radius 3 is 2.68 bits per heavy atom. The Morgan fingerprint density at radius 2 is 2.16 bits per heavy atom. The SMILES string of the molecule is COc1cc(CNCC(O)C(F)F)cc([N+](=O)[O-])c1. The Labute approximate surface area is 108 Å². The summed E-state index contributed by atoms with van der Waals surface area (Å²) in [5, 5.41) is 22.2. The summed E-state index contributed by atoms with van der Waals surface area (Å²) in [5.41, 5.74) is 0.359. The Hall–Kier alpha value is -1.80. The number of nitrogens with zero attached hydrogens (tertiary/aromatic N) is 1. The lowest BCUT2D eigenvalue weighted by molar-refractivity contribution is -0.385. The predicted octanol–water partition coefficient (Wildman–Crippen LogP) is 1.32. The van der Waals surface area contributed by atoms with Crippen LogP contribution in [0.5, 0.6) is 5.75 Å². The third-order valence-electron chi connectivity index (χ3n) is 2.37. The molecular formula is C11H14F2N2O4. The van der Waals surface area contributed by atoms with Crippen LogP contribution in [0.3, 0.4) is 0 Å². The van der Waals surface area contributed by atoms with E-state index in [0.717, 1.165) is 0 Å². The van der Waals surface area contributed by atoms with Crippen molar-refractivity contribution in [1.29, 1.82) is 0 Å². The number of ether oxygens (including phenoxy) is 1. The van der Waals surface area contributed by atoms with E-state index in [1.807, 2.05) is 0 Å². The normalized spacial score (nSPS) is 12.5. The van der Waals surface area contributed by atoms with E-state index in [1.54, 1.807) is 6.07 Å². The van der Waals surface area contributed by atoms with Gasteiger partial charge in [0.1, 0.15) is 11.9 Å². The fourth-order valence-electron chi connectivity index (χ4n) is 1.42. The first-order valence-electron chi connectivity index (χ1n) is 5.43. The van der Waals surface area contributed by atoms with Gasteiger partial charge in [0, 0.05) is 19.2 Å². The number of aliphatic hydroxyl groups is 1. The maximum absolute atomic E-state index is 12.0. The zero-order valence-electron chi connectivity index (χ0n) is 10.2. The second-order valence-electron chi connectivity index (χ2n) is 3.83. The Morgan fingerprint density at radius 1 is 1.47 bits per heavy atom. The minimum atomic E-state index is -2.83. The largest absolute Gasteiger partial charge is 0.496 e. The van der Waals surface area contributed by atoms with Gasteiger partial charge >= 0.3 is 0 Å². The minimum absolute atomic E-state index is 0.113. The van der Waals surface area contributed by atoms with E-state index in [4.69, 9.17) is 9.84 Å². The number of benzene rings is 1.